The van der Waals surface area contributed by atoms with Crippen molar-refractivity contribution in [2.75, 3.05) is 26.6 Å². The predicted molar refractivity (Wildman–Crippen MR) is 116 cm³/mol. The molecule has 1 amide bonds. The first-order valence-electron chi connectivity index (χ1n) is 9.74. The lowest BCUT2D eigenvalue weighted by molar-refractivity contribution is -0.117. The molecule has 3 aromatic rings. The number of fused-ring (bicyclic) bond motifs is 1. The van der Waals surface area contributed by atoms with Crippen molar-refractivity contribution in [2.45, 2.75) is 18.5 Å². The van der Waals surface area contributed by atoms with Gasteiger partial charge in [0.1, 0.15) is 6.04 Å². The lowest BCUT2D eigenvalue weighted by Crippen LogP contribution is -2.39. The minimum atomic E-state index is -0.381. The van der Waals surface area contributed by atoms with Gasteiger partial charge in [-0.05, 0) is 22.8 Å². The number of ether oxygens (including phenoxy) is 3. The number of anilines is 1. The van der Waals surface area contributed by atoms with Gasteiger partial charge in [-0.3, -0.25) is 4.79 Å². The molecule has 30 heavy (non-hydrogen) atoms. The zero-order chi connectivity index (χ0) is 21.1. The summed E-state index contributed by atoms with van der Waals surface area (Å²) in [7, 11) is 4.63. The quantitative estimate of drug-likeness (QED) is 0.581. The lowest BCUT2D eigenvalue weighted by Gasteiger charge is -2.16. The highest BCUT2D eigenvalue weighted by atomic mass is 16.5. The number of amides is 1. The molecule has 1 fully saturated rings. The van der Waals surface area contributed by atoms with Crippen LogP contribution in [0.5, 0.6) is 17.2 Å². The van der Waals surface area contributed by atoms with Crippen molar-refractivity contribution in [3.05, 3.63) is 60.2 Å². The summed E-state index contributed by atoms with van der Waals surface area (Å²) in [4.78, 5) is 12.9. The molecule has 1 aliphatic heterocycles. The molecule has 0 bridgehead atoms. The average Bonchev–Trinajstić information content (AvgIpc) is 3.28. The van der Waals surface area contributed by atoms with Crippen molar-refractivity contribution in [2.24, 2.45) is 0 Å². The molecule has 1 saturated heterocycles. The van der Waals surface area contributed by atoms with Gasteiger partial charge in [-0.1, -0.05) is 42.5 Å². The van der Waals surface area contributed by atoms with E-state index in [1.165, 1.54) is 16.3 Å². The third-order valence-corrected chi connectivity index (χ3v) is 5.35. The Hall–Kier alpha value is -3.29. The van der Waals surface area contributed by atoms with Crippen LogP contribution in [0.4, 0.5) is 5.69 Å². The van der Waals surface area contributed by atoms with Crippen LogP contribution in [0.3, 0.4) is 0 Å². The second-order valence-electron chi connectivity index (χ2n) is 7.10. The maximum absolute atomic E-state index is 12.9. The Morgan fingerprint density at radius 2 is 1.63 bits per heavy atom. The van der Waals surface area contributed by atoms with Crippen LogP contribution in [0.25, 0.3) is 10.8 Å². The zero-order valence-corrected chi connectivity index (χ0v) is 17.2. The highest BCUT2D eigenvalue weighted by Gasteiger charge is 2.31. The number of hydrogen-bond donors (Lipinski definition) is 3. The summed E-state index contributed by atoms with van der Waals surface area (Å²) >= 11 is 0. The van der Waals surface area contributed by atoms with Crippen LogP contribution in [-0.4, -0.2) is 33.3 Å². The number of rotatable bonds is 6. The maximum atomic E-state index is 12.9. The van der Waals surface area contributed by atoms with Crippen molar-refractivity contribution in [3.8, 4) is 17.2 Å². The zero-order valence-electron chi connectivity index (χ0n) is 17.2. The molecule has 3 N–H and O–H groups in total. The van der Waals surface area contributed by atoms with Crippen LogP contribution in [0.1, 0.15) is 18.0 Å². The van der Waals surface area contributed by atoms with Gasteiger partial charge in [0.05, 0.1) is 21.3 Å². The molecule has 2 atom stereocenters. The first-order valence-corrected chi connectivity index (χ1v) is 9.74. The number of carbonyl (C=O) groups is 1. The maximum Gasteiger partial charge on any atom is 0.242 e. The molecule has 7 nitrogen and oxygen atoms in total. The van der Waals surface area contributed by atoms with Crippen LogP contribution in [0, 0.1) is 0 Å². The summed E-state index contributed by atoms with van der Waals surface area (Å²) in [6.07, 6.45) is 0.629. The summed E-state index contributed by atoms with van der Waals surface area (Å²) in [6, 6.07) is 17.6. The molecular weight excluding hydrogens is 382 g/mol. The molecule has 0 saturated carbocycles. The fourth-order valence-electron chi connectivity index (χ4n) is 3.87. The van der Waals surface area contributed by atoms with Crippen LogP contribution in [0.2, 0.25) is 0 Å². The molecule has 3 aromatic carbocycles. The smallest absolute Gasteiger partial charge is 0.242 e. The van der Waals surface area contributed by atoms with Gasteiger partial charge in [-0.25, -0.2) is 10.9 Å². The van der Waals surface area contributed by atoms with E-state index in [-0.39, 0.29) is 18.0 Å². The minimum absolute atomic E-state index is 0.0341. The van der Waals surface area contributed by atoms with Gasteiger partial charge in [0.2, 0.25) is 11.7 Å². The topological polar surface area (TPSA) is 80.9 Å². The van der Waals surface area contributed by atoms with Crippen LogP contribution < -0.4 is 30.4 Å². The van der Waals surface area contributed by atoms with Crippen LogP contribution in [-0.2, 0) is 4.79 Å². The molecule has 7 heteroatoms. The third kappa shape index (κ3) is 3.77. The molecule has 1 heterocycles. The second kappa shape index (κ2) is 8.61. The van der Waals surface area contributed by atoms with Crippen molar-refractivity contribution < 1.29 is 19.0 Å². The largest absolute Gasteiger partial charge is 0.493 e. The molecule has 0 spiro atoms. The van der Waals surface area contributed by atoms with Gasteiger partial charge >= 0.3 is 0 Å². The number of nitrogens with one attached hydrogen (secondary N) is 3. The van der Waals surface area contributed by atoms with Crippen molar-refractivity contribution in [1.29, 1.82) is 0 Å². The predicted octanol–water partition coefficient (Wildman–Crippen LogP) is 3.41. The van der Waals surface area contributed by atoms with E-state index >= 15 is 0 Å². The Labute approximate surface area is 175 Å². The summed E-state index contributed by atoms with van der Waals surface area (Å²) in [5, 5.41) is 5.30. The van der Waals surface area contributed by atoms with Gasteiger partial charge in [-0.15, -0.1) is 0 Å². The van der Waals surface area contributed by atoms with Gasteiger partial charge < -0.3 is 19.5 Å². The Balaban J connectivity index is 1.50. The van der Waals surface area contributed by atoms with E-state index in [2.05, 4.69) is 40.4 Å². The van der Waals surface area contributed by atoms with Crippen LogP contribution in [0.15, 0.2) is 54.6 Å². The highest BCUT2D eigenvalue weighted by Crippen LogP contribution is 2.40. The minimum Gasteiger partial charge on any atom is -0.493 e. The SMILES string of the molecule is COc1cc(NC(=O)C2CC(c3cccc4ccccc34)NN2)cc(OC)c1OC. The van der Waals surface area contributed by atoms with E-state index in [1.807, 2.05) is 18.2 Å². The fourth-order valence-corrected chi connectivity index (χ4v) is 3.87. The number of hydrazine groups is 1. The van der Waals surface area contributed by atoms with Crippen LogP contribution >= 0.6 is 0 Å². The molecule has 1 aliphatic rings. The van der Waals surface area contributed by atoms with E-state index in [0.29, 0.717) is 29.4 Å². The van der Waals surface area contributed by atoms with Gasteiger partial charge in [0, 0.05) is 23.9 Å². The fraction of sp³-hybridized carbons (Fsp3) is 0.261. The summed E-state index contributed by atoms with van der Waals surface area (Å²) in [5.74, 6) is 1.31. The number of benzene rings is 3. The van der Waals surface area contributed by atoms with Crippen molar-refractivity contribution in [3.63, 3.8) is 0 Å². The Kier molecular flexibility index (Phi) is 5.74. The Bertz CT molecular complexity index is 1040. The average molecular weight is 407 g/mol. The second-order valence-corrected chi connectivity index (χ2v) is 7.10. The number of hydrogen-bond acceptors (Lipinski definition) is 6. The van der Waals surface area contributed by atoms with Gasteiger partial charge in [0.25, 0.3) is 0 Å². The van der Waals surface area contributed by atoms with E-state index < -0.39 is 0 Å². The first kappa shape index (κ1) is 20.0. The molecule has 0 aliphatic carbocycles. The number of methoxy groups -OCH3 is 3. The lowest BCUT2D eigenvalue weighted by atomic mass is 9.96. The Morgan fingerprint density at radius 3 is 2.33 bits per heavy atom. The van der Waals surface area contributed by atoms with Crippen molar-refractivity contribution >= 4 is 22.4 Å². The van der Waals surface area contributed by atoms with Gasteiger partial charge in [-0.2, -0.15) is 0 Å². The van der Waals surface area contributed by atoms with E-state index in [0.717, 1.165) is 0 Å². The Morgan fingerprint density at radius 1 is 0.933 bits per heavy atom. The number of carbonyl (C=O) groups excluding carboxylic acids is 1. The standard InChI is InChI=1S/C23H25N3O4/c1-28-20-11-15(12-21(29-2)22(20)30-3)24-23(27)19-13-18(25-26-19)17-10-6-8-14-7-4-5-9-16(14)17/h4-12,18-19,25-26H,13H2,1-3H3,(H,24,27). The summed E-state index contributed by atoms with van der Waals surface area (Å²) < 4.78 is 16.0. The molecule has 2 unspecified atom stereocenters. The van der Waals surface area contributed by atoms with Gasteiger partial charge in [0.15, 0.2) is 11.5 Å². The van der Waals surface area contributed by atoms with E-state index in [1.54, 1.807) is 33.5 Å². The molecule has 156 valence electrons. The molecule has 0 radical (unpaired) electrons. The van der Waals surface area contributed by atoms with Crippen molar-refractivity contribution in [1.82, 2.24) is 10.9 Å². The monoisotopic (exact) mass is 407 g/mol. The summed E-state index contributed by atoms with van der Waals surface area (Å²) in [5.41, 5.74) is 8.13. The summed E-state index contributed by atoms with van der Waals surface area (Å²) in [6.45, 7) is 0. The molecule has 4 rings (SSSR count). The third-order valence-electron chi connectivity index (χ3n) is 5.35. The normalized spacial score (nSPS) is 18.2. The van der Waals surface area contributed by atoms with E-state index in [9.17, 15) is 4.79 Å². The first-order chi connectivity index (χ1) is 14.6. The highest BCUT2D eigenvalue weighted by molar-refractivity contribution is 5.96. The van der Waals surface area contributed by atoms with E-state index in [4.69, 9.17) is 14.2 Å². The molecular formula is C23H25N3O4. The molecule has 0 aromatic heterocycles.